The summed E-state index contributed by atoms with van der Waals surface area (Å²) in [4.78, 5) is 4.78. The van der Waals surface area contributed by atoms with Crippen LogP contribution in [0.4, 0.5) is 0 Å². The van der Waals surface area contributed by atoms with Crippen molar-refractivity contribution in [2.45, 2.75) is 51.9 Å². The van der Waals surface area contributed by atoms with Crippen molar-refractivity contribution in [1.29, 1.82) is 0 Å². The molecule has 1 saturated carbocycles. The van der Waals surface area contributed by atoms with Gasteiger partial charge in [-0.3, -0.25) is 4.98 Å². The van der Waals surface area contributed by atoms with Crippen LogP contribution in [0.25, 0.3) is 27.8 Å². The molecule has 0 saturated heterocycles. The van der Waals surface area contributed by atoms with E-state index in [0.29, 0.717) is 5.92 Å². The van der Waals surface area contributed by atoms with Crippen molar-refractivity contribution in [3.8, 4) is 16.9 Å². The van der Waals surface area contributed by atoms with Crippen LogP contribution in [0.15, 0.2) is 54.6 Å². The summed E-state index contributed by atoms with van der Waals surface area (Å²) in [5.74, 6) is 0.666. The van der Waals surface area contributed by atoms with E-state index in [1.54, 1.807) is 0 Å². The molecule has 2 aromatic heterocycles. The van der Waals surface area contributed by atoms with E-state index in [-0.39, 0.29) is 0 Å². The molecule has 0 aliphatic heterocycles. The Morgan fingerprint density at radius 3 is 2.48 bits per heavy atom. The molecular weight excluding hydrogens is 356 g/mol. The molecule has 0 radical (unpaired) electrons. The van der Waals surface area contributed by atoms with Gasteiger partial charge in [0.25, 0.3) is 0 Å². The normalized spacial score (nSPS) is 15.1. The Bertz CT molecular complexity index is 1150. The zero-order chi connectivity index (χ0) is 19.8. The number of nitrogens with zero attached hydrogens (tertiary/aromatic N) is 4. The minimum atomic E-state index is 0.666. The third-order valence-corrected chi connectivity index (χ3v) is 6.19. The lowest BCUT2D eigenvalue weighted by atomic mass is 9.83. The van der Waals surface area contributed by atoms with E-state index in [0.717, 1.165) is 39.2 Å². The molecule has 2 aromatic carbocycles. The first-order valence-corrected chi connectivity index (χ1v) is 10.6. The number of aryl methyl sites for hydroxylation is 1. The Balaban J connectivity index is 1.65. The molecule has 1 aliphatic carbocycles. The van der Waals surface area contributed by atoms with Gasteiger partial charge in [-0.2, -0.15) is 0 Å². The topological polar surface area (TPSA) is 43.6 Å². The van der Waals surface area contributed by atoms with Crippen molar-refractivity contribution in [2.24, 2.45) is 0 Å². The van der Waals surface area contributed by atoms with E-state index < -0.39 is 0 Å². The maximum Gasteiger partial charge on any atom is 0.116 e. The largest absolute Gasteiger partial charge is 0.253 e. The summed E-state index contributed by atoms with van der Waals surface area (Å²) in [6.45, 7) is 4.14. The summed E-state index contributed by atoms with van der Waals surface area (Å²) in [5.41, 5.74) is 7.59. The SMILES string of the molecule is Cc1cc(-n2nnc(-c3ccccc3)c2C)c2cc(C3CCCCC3)ccc2n1. The number of pyridine rings is 1. The van der Waals surface area contributed by atoms with Gasteiger partial charge in [0.2, 0.25) is 0 Å². The fraction of sp³-hybridized carbons (Fsp3) is 0.320. The summed E-state index contributed by atoms with van der Waals surface area (Å²) in [5, 5.41) is 10.2. The van der Waals surface area contributed by atoms with E-state index in [2.05, 4.69) is 53.6 Å². The first kappa shape index (κ1) is 18.0. The Morgan fingerprint density at radius 2 is 1.69 bits per heavy atom. The number of hydrogen-bond donors (Lipinski definition) is 0. The van der Waals surface area contributed by atoms with Crippen LogP contribution in [-0.4, -0.2) is 20.0 Å². The maximum absolute atomic E-state index is 4.78. The predicted molar refractivity (Wildman–Crippen MR) is 117 cm³/mol. The third-order valence-electron chi connectivity index (χ3n) is 6.19. The molecule has 0 spiro atoms. The smallest absolute Gasteiger partial charge is 0.116 e. The zero-order valence-corrected chi connectivity index (χ0v) is 17.1. The molecule has 2 heterocycles. The van der Waals surface area contributed by atoms with Crippen LogP contribution in [0.3, 0.4) is 0 Å². The van der Waals surface area contributed by atoms with Gasteiger partial charge in [-0.15, -0.1) is 5.10 Å². The highest BCUT2D eigenvalue weighted by atomic mass is 15.4. The summed E-state index contributed by atoms with van der Waals surface area (Å²) >= 11 is 0. The number of aromatic nitrogens is 4. The minimum Gasteiger partial charge on any atom is -0.253 e. The Kier molecular flexibility index (Phi) is 4.62. The highest BCUT2D eigenvalue weighted by molar-refractivity contribution is 5.88. The van der Waals surface area contributed by atoms with Crippen LogP contribution in [0.5, 0.6) is 0 Å². The number of benzene rings is 2. The molecular formula is C25H26N4. The van der Waals surface area contributed by atoms with Crippen LogP contribution in [-0.2, 0) is 0 Å². The Hall–Kier alpha value is -3.01. The molecule has 1 fully saturated rings. The summed E-state index contributed by atoms with van der Waals surface area (Å²) in [6.07, 6.45) is 6.63. The van der Waals surface area contributed by atoms with Crippen molar-refractivity contribution in [3.63, 3.8) is 0 Å². The molecule has 0 bridgehead atoms. The van der Waals surface area contributed by atoms with Gasteiger partial charge < -0.3 is 0 Å². The molecule has 29 heavy (non-hydrogen) atoms. The highest BCUT2D eigenvalue weighted by Gasteiger charge is 2.19. The van der Waals surface area contributed by atoms with Gasteiger partial charge in [0.1, 0.15) is 5.69 Å². The van der Waals surface area contributed by atoms with E-state index in [1.807, 2.05) is 29.8 Å². The van der Waals surface area contributed by atoms with Gasteiger partial charge in [0.05, 0.1) is 16.9 Å². The van der Waals surface area contributed by atoms with Crippen molar-refractivity contribution in [1.82, 2.24) is 20.0 Å². The average molecular weight is 383 g/mol. The van der Waals surface area contributed by atoms with E-state index in [9.17, 15) is 0 Å². The molecule has 1 aliphatic rings. The van der Waals surface area contributed by atoms with Gasteiger partial charge in [-0.25, -0.2) is 4.68 Å². The molecule has 0 unspecified atom stereocenters. The zero-order valence-electron chi connectivity index (χ0n) is 17.1. The standard InChI is InChI=1S/C25H26N4/c1-17-15-24(29-18(2)25(27-28-29)20-11-7-4-8-12-20)22-16-21(13-14-23(22)26-17)19-9-5-3-6-10-19/h4,7-8,11-16,19H,3,5-6,9-10H2,1-2H3. The summed E-state index contributed by atoms with van der Waals surface area (Å²) < 4.78 is 1.98. The maximum atomic E-state index is 4.78. The molecule has 4 nitrogen and oxygen atoms in total. The molecule has 4 heteroatoms. The van der Waals surface area contributed by atoms with Gasteiger partial charge in [0.15, 0.2) is 0 Å². The predicted octanol–water partition coefficient (Wildman–Crippen LogP) is 6.15. The van der Waals surface area contributed by atoms with Gasteiger partial charge >= 0.3 is 0 Å². The fourth-order valence-electron chi connectivity index (χ4n) is 4.64. The van der Waals surface area contributed by atoms with E-state index in [4.69, 9.17) is 4.98 Å². The van der Waals surface area contributed by atoms with Crippen LogP contribution >= 0.6 is 0 Å². The third kappa shape index (κ3) is 3.33. The Morgan fingerprint density at radius 1 is 0.897 bits per heavy atom. The molecule has 0 amide bonds. The van der Waals surface area contributed by atoms with E-state index >= 15 is 0 Å². The average Bonchev–Trinajstić information content (AvgIpc) is 3.15. The van der Waals surface area contributed by atoms with Crippen molar-refractivity contribution < 1.29 is 0 Å². The molecule has 0 N–H and O–H groups in total. The molecule has 0 atom stereocenters. The van der Waals surface area contributed by atoms with Gasteiger partial charge in [-0.05, 0) is 56.4 Å². The van der Waals surface area contributed by atoms with Crippen LogP contribution in [0.1, 0.15) is 55.0 Å². The monoisotopic (exact) mass is 382 g/mol. The molecule has 4 aromatic rings. The molecule has 5 rings (SSSR count). The minimum absolute atomic E-state index is 0.666. The summed E-state index contributed by atoms with van der Waals surface area (Å²) in [6, 6.07) is 19.2. The number of fused-ring (bicyclic) bond motifs is 1. The number of hydrogen-bond acceptors (Lipinski definition) is 3. The van der Waals surface area contributed by atoms with Gasteiger partial charge in [0, 0.05) is 16.6 Å². The first-order valence-electron chi connectivity index (χ1n) is 10.6. The van der Waals surface area contributed by atoms with Crippen LogP contribution in [0.2, 0.25) is 0 Å². The van der Waals surface area contributed by atoms with Crippen molar-refractivity contribution in [3.05, 3.63) is 71.5 Å². The van der Waals surface area contributed by atoms with Crippen molar-refractivity contribution in [2.75, 3.05) is 0 Å². The van der Waals surface area contributed by atoms with Crippen LogP contribution in [0, 0.1) is 13.8 Å². The number of rotatable bonds is 3. The quantitative estimate of drug-likeness (QED) is 0.427. The van der Waals surface area contributed by atoms with Crippen LogP contribution < -0.4 is 0 Å². The second-order valence-electron chi connectivity index (χ2n) is 8.20. The lowest BCUT2D eigenvalue weighted by Crippen LogP contribution is -2.06. The highest BCUT2D eigenvalue weighted by Crippen LogP contribution is 2.35. The summed E-state index contributed by atoms with van der Waals surface area (Å²) in [7, 11) is 0. The van der Waals surface area contributed by atoms with Crippen molar-refractivity contribution >= 4 is 10.9 Å². The Labute approximate surface area is 171 Å². The van der Waals surface area contributed by atoms with Gasteiger partial charge in [-0.1, -0.05) is 60.9 Å². The fourth-order valence-corrected chi connectivity index (χ4v) is 4.64. The first-order chi connectivity index (χ1) is 14.2. The second kappa shape index (κ2) is 7.43. The molecule has 146 valence electrons. The lowest BCUT2D eigenvalue weighted by Gasteiger charge is -2.22. The van der Waals surface area contributed by atoms with E-state index in [1.165, 1.54) is 37.7 Å². The lowest BCUT2D eigenvalue weighted by molar-refractivity contribution is 0.444. The second-order valence-corrected chi connectivity index (χ2v) is 8.20.